The Morgan fingerprint density at radius 3 is 2.69 bits per heavy atom. The van der Waals surface area contributed by atoms with Crippen molar-refractivity contribution in [1.29, 1.82) is 0 Å². The van der Waals surface area contributed by atoms with E-state index in [1.165, 1.54) is 6.92 Å². The fraction of sp³-hybridized carbons (Fsp3) is 0.900. The molecule has 2 bridgehead atoms. The average molecular weight is 184 g/mol. The fourth-order valence-electron chi connectivity index (χ4n) is 2.25. The van der Waals surface area contributed by atoms with Crippen molar-refractivity contribution in [2.75, 3.05) is 13.2 Å². The molecule has 3 fully saturated rings. The molecular weight excluding hydrogens is 168 g/mol. The topological polar surface area (TPSA) is 35.5 Å². The highest BCUT2D eigenvalue weighted by Crippen LogP contribution is 2.43. The van der Waals surface area contributed by atoms with E-state index >= 15 is 0 Å². The molecule has 2 saturated heterocycles. The Morgan fingerprint density at radius 2 is 2.23 bits per heavy atom. The number of rotatable bonds is 2. The van der Waals surface area contributed by atoms with Gasteiger partial charge in [-0.05, 0) is 25.7 Å². The normalized spacial score (nSPS) is 37.5. The third-order valence-electron chi connectivity index (χ3n) is 3.20. The Labute approximate surface area is 78.4 Å². The summed E-state index contributed by atoms with van der Waals surface area (Å²) in [6.45, 7) is 2.80. The van der Waals surface area contributed by atoms with Crippen molar-refractivity contribution < 1.29 is 14.3 Å². The van der Waals surface area contributed by atoms with E-state index in [-0.39, 0.29) is 11.4 Å². The maximum atomic E-state index is 10.7. The van der Waals surface area contributed by atoms with Crippen molar-refractivity contribution in [1.82, 2.24) is 0 Å². The molecule has 0 radical (unpaired) electrons. The van der Waals surface area contributed by atoms with Gasteiger partial charge in [0.15, 0.2) is 0 Å². The molecule has 0 aromatic heterocycles. The third kappa shape index (κ3) is 1.85. The Hall–Kier alpha value is -0.570. The molecule has 2 aliphatic heterocycles. The second-order valence-electron chi connectivity index (χ2n) is 4.29. The molecule has 74 valence electrons. The molecule has 0 atom stereocenters. The summed E-state index contributed by atoms with van der Waals surface area (Å²) in [4.78, 5) is 10.7. The number of ether oxygens (including phenoxy) is 2. The van der Waals surface area contributed by atoms with E-state index in [4.69, 9.17) is 9.47 Å². The van der Waals surface area contributed by atoms with Gasteiger partial charge in [-0.3, -0.25) is 4.79 Å². The second-order valence-corrected chi connectivity index (χ2v) is 4.29. The van der Waals surface area contributed by atoms with Crippen LogP contribution in [0.5, 0.6) is 0 Å². The van der Waals surface area contributed by atoms with Gasteiger partial charge in [0.25, 0.3) is 0 Å². The molecule has 3 rings (SSSR count). The predicted molar refractivity (Wildman–Crippen MR) is 47.3 cm³/mol. The summed E-state index contributed by atoms with van der Waals surface area (Å²) in [5.41, 5.74) is 0.153. The molecule has 13 heavy (non-hydrogen) atoms. The minimum atomic E-state index is -0.179. The zero-order valence-electron chi connectivity index (χ0n) is 8.04. The van der Waals surface area contributed by atoms with Crippen LogP contribution < -0.4 is 0 Å². The van der Waals surface area contributed by atoms with E-state index in [1.807, 2.05) is 0 Å². The van der Waals surface area contributed by atoms with Crippen LogP contribution in [0.3, 0.4) is 0 Å². The molecule has 2 heterocycles. The Kier molecular flexibility index (Phi) is 2.28. The van der Waals surface area contributed by atoms with Crippen LogP contribution in [0.2, 0.25) is 0 Å². The standard InChI is InChI=1S/C10H16O3/c1-8(11)12-6-10-4-2-9(3-5-10)13-7-10/h9H,2-7H2,1H3. The van der Waals surface area contributed by atoms with Gasteiger partial charge in [0, 0.05) is 12.3 Å². The SMILES string of the molecule is CC(=O)OCC12CCC(CC1)OC2. The highest BCUT2D eigenvalue weighted by atomic mass is 16.5. The molecule has 3 nitrogen and oxygen atoms in total. The Morgan fingerprint density at radius 1 is 1.54 bits per heavy atom. The first kappa shape index (κ1) is 9.00. The molecule has 0 aromatic rings. The van der Waals surface area contributed by atoms with Crippen molar-refractivity contribution >= 4 is 5.97 Å². The summed E-state index contributed by atoms with van der Waals surface area (Å²) < 4.78 is 10.7. The van der Waals surface area contributed by atoms with Gasteiger partial charge in [0.05, 0.1) is 19.3 Å². The number of fused-ring (bicyclic) bond motifs is 3. The quantitative estimate of drug-likeness (QED) is 0.610. The van der Waals surface area contributed by atoms with E-state index in [1.54, 1.807) is 0 Å². The van der Waals surface area contributed by atoms with Crippen LogP contribution in [0.4, 0.5) is 0 Å². The van der Waals surface area contributed by atoms with E-state index in [0.29, 0.717) is 12.7 Å². The number of hydrogen-bond donors (Lipinski definition) is 0. The van der Waals surface area contributed by atoms with Crippen LogP contribution in [0.15, 0.2) is 0 Å². The average Bonchev–Trinajstić information content (AvgIpc) is 2.18. The summed E-state index contributed by atoms with van der Waals surface area (Å²) in [7, 11) is 0. The maximum Gasteiger partial charge on any atom is 0.302 e. The molecule has 3 heteroatoms. The summed E-state index contributed by atoms with van der Waals surface area (Å²) in [5.74, 6) is -0.179. The van der Waals surface area contributed by atoms with Crippen molar-refractivity contribution in [2.45, 2.75) is 38.7 Å². The fourth-order valence-corrected chi connectivity index (χ4v) is 2.25. The maximum absolute atomic E-state index is 10.7. The lowest BCUT2D eigenvalue weighted by molar-refractivity contribution is -0.162. The van der Waals surface area contributed by atoms with Gasteiger partial charge in [-0.15, -0.1) is 0 Å². The highest BCUT2D eigenvalue weighted by molar-refractivity contribution is 5.65. The molecule has 3 aliphatic rings. The van der Waals surface area contributed by atoms with Crippen molar-refractivity contribution in [3.8, 4) is 0 Å². The van der Waals surface area contributed by atoms with Crippen LogP contribution >= 0.6 is 0 Å². The largest absolute Gasteiger partial charge is 0.465 e. The van der Waals surface area contributed by atoms with Crippen LogP contribution in [0.25, 0.3) is 0 Å². The van der Waals surface area contributed by atoms with Gasteiger partial charge in [0.1, 0.15) is 0 Å². The minimum Gasteiger partial charge on any atom is -0.465 e. The molecule has 0 aromatic carbocycles. The van der Waals surface area contributed by atoms with E-state index in [0.717, 1.165) is 32.3 Å². The van der Waals surface area contributed by atoms with Crippen molar-refractivity contribution in [2.24, 2.45) is 5.41 Å². The van der Waals surface area contributed by atoms with E-state index in [2.05, 4.69) is 0 Å². The van der Waals surface area contributed by atoms with Crippen molar-refractivity contribution in [3.63, 3.8) is 0 Å². The number of carbonyl (C=O) groups excluding carboxylic acids is 1. The van der Waals surface area contributed by atoms with Crippen LogP contribution in [-0.2, 0) is 14.3 Å². The molecule has 0 unspecified atom stereocenters. The summed E-state index contributed by atoms with van der Waals surface area (Å²) in [6, 6.07) is 0. The highest BCUT2D eigenvalue weighted by Gasteiger charge is 2.42. The number of carbonyl (C=O) groups is 1. The monoisotopic (exact) mass is 184 g/mol. The first-order chi connectivity index (χ1) is 6.20. The summed E-state index contributed by atoms with van der Waals surface area (Å²) in [6.07, 6.45) is 5.08. The van der Waals surface area contributed by atoms with Gasteiger partial charge in [-0.2, -0.15) is 0 Å². The molecule has 1 saturated carbocycles. The van der Waals surface area contributed by atoms with Gasteiger partial charge in [-0.1, -0.05) is 0 Å². The molecular formula is C10H16O3. The first-order valence-electron chi connectivity index (χ1n) is 4.95. The predicted octanol–water partition coefficient (Wildman–Crippen LogP) is 1.51. The summed E-state index contributed by atoms with van der Waals surface area (Å²) >= 11 is 0. The van der Waals surface area contributed by atoms with Crippen molar-refractivity contribution in [3.05, 3.63) is 0 Å². The Bertz CT molecular complexity index is 190. The van der Waals surface area contributed by atoms with Crippen LogP contribution in [-0.4, -0.2) is 25.3 Å². The van der Waals surface area contributed by atoms with Crippen LogP contribution in [0, 0.1) is 5.41 Å². The van der Waals surface area contributed by atoms with Gasteiger partial charge < -0.3 is 9.47 Å². The lowest BCUT2D eigenvalue weighted by atomic mass is 9.72. The molecule has 0 N–H and O–H groups in total. The number of hydrogen-bond acceptors (Lipinski definition) is 3. The van der Waals surface area contributed by atoms with Gasteiger partial charge >= 0.3 is 5.97 Å². The van der Waals surface area contributed by atoms with Crippen LogP contribution in [0.1, 0.15) is 32.6 Å². The lowest BCUT2D eigenvalue weighted by Gasteiger charge is -2.45. The zero-order chi connectivity index (χ0) is 9.31. The van der Waals surface area contributed by atoms with Gasteiger partial charge in [0.2, 0.25) is 0 Å². The lowest BCUT2D eigenvalue weighted by Crippen LogP contribution is -2.45. The third-order valence-corrected chi connectivity index (χ3v) is 3.20. The van der Waals surface area contributed by atoms with E-state index in [9.17, 15) is 4.79 Å². The smallest absolute Gasteiger partial charge is 0.302 e. The summed E-state index contributed by atoms with van der Waals surface area (Å²) in [5, 5.41) is 0. The molecule has 1 aliphatic carbocycles. The second kappa shape index (κ2) is 3.29. The molecule has 0 amide bonds. The number of esters is 1. The first-order valence-corrected chi connectivity index (χ1v) is 4.95. The van der Waals surface area contributed by atoms with Gasteiger partial charge in [-0.25, -0.2) is 0 Å². The zero-order valence-corrected chi connectivity index (χ0v) is 8.04. The minimum absolute atomic E-state index is 0.153. The molecule has 0 spiro atoms. The Balaban J connectivity index is 1.91. The van der Waals surface area contributed by atoms with E-state index < -0.39 is 0 Å².